The summed E-state index contributed by atoms with van der Waals surface area (Å²) >= 11 is 0. The van der Waals surface area contributed by atoms with Crippen molar-refractivity contribution < 1.29 is 13.2 Å². The number of para-hydroxylation sites is 3. The van der Waals surface area contributed by atoms with E-state index in [4.69, 9.17) is 9.97 Å². The number of halogens is 3. The van der Waals surface area contributed by atoms with Gasteiger partial charge >= 0.3 is 6.18 Å². The molecule has 12 aromatic rings. The van der Waals surface area contributed by atoms with Crippen LogP contribution in [0.2, 0.25) is 0 Å². The summed E-state index contributed by atoms with van der Waals surface area (Å²) < 4.78 is 48.7. The Morgan fingerprint density at radius 1 is 0.344 bits per heavy atom. The normalized spacial score (nSPS) is 13.4. The van der Waals surface area contributed by atoms with E-state index in [2.05, 4.69) is 225 Å². The minimum absolute atomic E-state index is 0.0149. The van der Waals surface area contributed by atoms with Gasteiger partial charge in [0.15, 0.2) is 5.82 Å². The number of hydrogen-bond donors (Lipinski definition) is 0. The maximum Gasteiger partial charge on any atom is 0.417 e. The van der Waals surface area contributed by atoms with Gasteiger partial charge in [-0.3, -0.25) is 0 Å². The molecule has 9 heteroatoms. The Hall–Kier alpha value is -9.47. The number of benzene rings is 10. The monoisotopic (exact) mass is 1180 g/mol. The van der Waals surface area contributed by atoms with Crippen LogP contribution >= 0.6 is 0 Å². The molecular formula is C81H73BF3N5. The molecule has 446 valence electrons. The van der Waals surface area contributed by atoms with Gasteiger partial charge in [-0.1, -0.05) is 217 Å². The van der Waals surface area contributed by atoms with Gasteiger partial charge in [0.05, 0.1) is 28.0 Å². The fourth-order valence-electron chi connectivity index (χ4n) is 13.4. The lowest BCUT2D eigenvalue weighted by molar-refractivity contribution is -0.137. The van der Waals surface area contributed by atoms with E-state index in [-0.39, 0.29) is 39.8 Å². The molecule has 0 atom stereocenters. The summed E-state index contributed by atoms with van der Waals surface area (Å²) in [5.74, 6) is -0.0149. The van der Waals surface area contributed by atoms with Gasteiger partial charge in [0.2, 0.25) is 0 Å². The van der Waals surface area contributed by atoms with Crippen LogP contribution in [-0.2, 0) is 27.8 Å². The van der Waals surface area contributed by atoms with E-state index in [0.717, 1.165) is 78.2 Å². The fourth-order valence-corrected chi connectivity index (χ4v) is 13.4. The van der Waals surface area contributed by atoms with Crippen LogP contribution in [0.15, 0.2) is 224 Å². The smallest absolute Gasteiger partial charge is 0.311 e. The molecule has 0 aliphatic carbocycles. The summed E-state index contributed by atoms with van der Waals surface area (Å²) in [6, 6.07) is 77.3. The molecule has 0 N–H and O–H groups in total. The summed E-state index contributed by atoms with van der Waals surface area (Å²) in [7, 11) is 0. The first-order valence-corrected chi connectivity index (χ1v) is 31.3. The Morgan fingerprint density at radius 3 is 1.27 bits per heavy atom. The highest BCUT2D eigenvalue weighted by Crippen LogP contribution is 2.50. The third-order valence-electron chi connectivity index (χ3n) is 18.4. The topological polar surface area (TPSA) is 37.2 Å². The van der Waals surface area contributed by atoms with E-state index >= 15 is 13.2 Å². The van der Waals surface area contributed by atoms with Crippen molar-refractivity contribution in [2.24, 2.45) is 0 Å². The van der Waals surface area contributed by atoms with E-state index in [1.54, 1.807) is 12.1 Å². The lowest BCUT2D eigenvalue weighted by Gasteiger charge is -2.45. The Labute approximate surface area is 527 Å². The molecule has 0 fully saturated rings. The number of nitrogens with zero attached hydrogens (tertiary/aromatic N) is 5. The minimum atomic E-state index is -4.71. The Morgan fingerprint density at radius 2 is 0.789 bits per heavy atom. The average molecular weight is 1180 g/mol. The van der Waals surface area contributed by atoms with Crippen molar-refractivity contribution in [1.82, 2.24) is 14.5 Å². The zero-order valence-corrected chi connectivity index (χ0v) is 53.3. The highest BCUT2D eigenvalue weighted by Gasteiger charge is 2.44. The van der Waals surface area contributed by atoms with Crippen molar-refractivity contribution in [2.75, 3.05) is 9.80 Å². The molecule has 0 radical (unpaired) electrons. The zero-order chi connectivity index (χ0) is 63.0. The van der Waals surface area contributed by atoms with Crippen LogP contribution in [-0.4, -0.2) is 21.2 Å². The van der Waals surface area contributed by atoms with E-state index < -0.39 is 11.7 Å². The quantitative estimate of drug-likeness (QED) is 0.149. The van der Waals surface area contributed by atoms with Gasteiger partial charge in [-0.25, -0.2) is 9.97 Å². The second kappa shape index (κ2) is 21.1. The van der Waals surface area contributed by atoms with Crippen LogP contribution in [0.3, 0.4) is 0 Å². The van der Waals surface area contributed by atoms with Crippen molar-refractivity contribution in [3.63, 3.8) is 0 Å². The second-order valence-corrected chi connectivity index (χ2v) is 28.7. The molecule has 0 spiro atoms. The van der Waals surface area contributed by atoms with Gasteiger partial charge in [-0.2, -0.15) is 13.2 Å². The fraction of sp³-hybridized carbons (Fsp3) is 0.210. The molecule has 2 aliphatic heterocycles. The first kappa shape index (κ1) is 58.2. The van der Waals surface area contributed by atoms with Crippen LogP contribution in [0.25, 0.3) is 72.5 Å². The van der Waals surface area contributed by atoms with E-state index in [0.29, 0.717) is 17.1 Å². The molecule has 0 amide bonds. The highest BCUT2D eigenvalue weighted by molar-refractivity contribution is 7.00. The summed E-state index contributed by atoms with van der Waals surface area (Å²) in [6.07, 6.45) is -4.71. The third-order valence-corrected chi connectivity index (χ3v) is 18.4. The molecule has 0 unspecified atom stereocenters. The lowest BCUT2D eigenvalue weighted by Crippen LogP contribution is -2.61. The van der Waals surface area contributed by atoms with Crippen molar-refractivity contribution >= 4 is 79.0 Å². The van der Waals surface area contributed by atoms with Gasteiger partial charge in [-0.15, -0.1) is 0 Å². The number of aromatic nitrogens is 3. The number of anilines is 6. The molecule has 5 nitrogen and oxygen atoms in total. The molecule has 0 saturated carbocycles. The lowest BCUT2D eigenvalue weighted by atomic mass is 9.33. The first-order chi connectivity index (χ1) is 42.8. The van der Waals surface area contributed by atoms with Crippen molar-refractivity contribution in [3.05, 3.63) is 252 Å². The van der Waals surface area contributed by atoms with Crippen LogP contribution < -0.4 is 26.2 Å². The SMILES string of the molecule is CC(C)(C)c1cc(N2c3ccccc3B3c4ccccc4N(c4cc(C(C)(C)C)cc(C(C)(C)C)c4)c4cc(-c5ccc6c(c5)c5ccccc5n6-c5ccc(C(F)(F)F)c(-c6nc(-c7ccccc7)cc(-c7ccccc7)n6)c5)cc2c43)cc(C(C)(C)C)c1. The van der Waals surface area contributed by atoms with Crippen LogP contribution in [0.1, 0.15) is 111 Å². The molecule has 4 heterocycles. The Balaban J connectivity index is 1.03. The van der Waals surface area contributed by atoms with E-state index in [1.807, 2.05) is 78.9 Å². The minimum Gasteiger partial charge on any atom is -0.311 e. The van der Waals surface area contributed by atoms with Crippen LogP contribution in [0.5, 0.6) is 0 Å². The summed E-state index contributed by atoms with van der Waals surface area (Å²) in [6.45, 7) is 27.6. The van der Waals surface area contributed by atoms with Crippen LogP contribution in [0.4, 0.5) is 47.3 Å². The van der Waals surface area contributed by atoms with Crippen molar-refractivity contribution in [3.8, 4) is 50.7 Å². The van der Waals surface area contributed by atoms with Gasteiger partial charge < -0.3 is 14.4 Å². The predicted molar refractivity (Wildman–Crippen MR) is 372 cm³/mol. The summed E-state index contributed by atoms with van der Waals surface area (Å²) in [5, 5.41) is 1.93. The number of hydrogen-bond acceptors (Lipinski definition) is 4. The van der Waals surface area contributed by atoms with Gasteiger partial charge in [0.1, 0.15) is 0 Å². The molecule has 10 aromatic carbocycles. The second-order valence-electron chi connectivity index (χ2n) is 28.7. The van der Waals surface area contributed by atoms with E-state index in [1.165, 1.54) is 44.7 Å². The molecule has 0 bridgehead atoms. The molecule has 2 aliphatic rings. The Kier molecular flexibility index (Phi) is 13.6. The van der Waals surface area contributed by atoms with Gasteiger partial charge in [0.25, 0.3) is 6.71 Å². The molecule has 2 aromatic heterocycles. The number of fused-ring (bicyclic) bond motifs is 7. The zero-order valence-electron chi connectivity index (χ0n) is 53.3. The maximum absolute atomic E-state index is 15.5. The van der Waals surface area contributed by atoms with Gasteiger partial charge in [0, 0.05) is 67.3 Å². The predicted octanol–water partition coefficient (Wildman–Crippen LogP) is 20.5. The van der Waals surface area contributed by atoms with Crippen molar-refractivity contribution in [1.29, 1.82) is 0 Å². The summed E-state index contributed by atoms with van der Waals surface area (Å²) in [4.78, 5) is 14.9. The number of rotatable bonds is 7. The number of alkyl halides is 3. The average Bonchev–Trinajstić information content (AvgIpc) is 0.790. The molecule has 90 heavy (non-hydrogen) atoms. The van der Waals surface area contributed by atoms with Crippen LogP contribution in [0, 0.1) is 0 Å². The van der Waals surface area contributed by atoms with E-state index in [9.17, 15) is 0 Å². The van der Waals surface area contributed by atoms with Gasteiger partial charge in [-0.05, 0) is 162 Å². The molecule has 0 saturated heterocycles. The Bertz CT molecular complexity index is 4550. The standard InChI is InChI=1S/C81H73BF3N5/c1-77(2,3)54-42-55(78(4,5)6)45-59(44-54)89-71-33-23-20-30-65(71)82-66-31-21-24-34-72(66)90(60-46-56(79(7,8)9)43-57(47-60)80(10,11)12)74-41-53(40-73(89)75(74)82)52-35-38-70-62(39-52)61-29-19-22-32-69(61)88(70)58-36-37-64(81(83,84)85)63(48-58)76-86-67(50-25-15-13-16-26-50)49-68(87-76)51-27-17-14-18-28-51/h13-49H,1-12H3. The first-order valence-electron chi connectivity index (χ1n) is 31.3. The third kappa shape index (κ3) is 10.2. The highest BCUT2D eigenvalue weighted by atomic mass is 19.4. The largest absolute Gasteiger partial charge is 0.417 e. The van der Waals surface area contributed by atoms with Crippen molar-refractivity contribution in [2.45, 2.75) is 111 Å². The summed E-state index contributed by atoms with van der Waals surface area (Å²) in [5.41, 5.74) is 20.9. The molecule has 14 rings (SSSR count). The maximum atomic E-state index is 15.5. The molecular weight excluding hydrogens is 1110 g/mol.